The SMILES string of the molecule is COc1ccnc(N2CCC(C(=O)N3CCCCc4cc(Cl)ccc43)CC2)n1. The number of anilines is 2. The fourth-order valence-electron chi connectivity index (χ4n) is 4.10. The van der Waals surface area contributed by atoms with Gasteiger partial charge in [-0.05, 0) is 55.9 Å². The van der Waals surface area contributed by atoms with Gasteiger partial charge >= 0.3 is 0 Å². The van der Waals surface area contributed by atoms with E-state index in [1.54, 1.807) is 19.4 Å². The fourth-order valence-corrected chi connectivity index (χ4v) is 4.29. The number of fused-ring (bicyclic) bond motifs is 1. The average molecular weight is 401 g/mol. The number of benzene rings is 1. The number of rotatable bonds is 3. The van der Waals surface area contributed by atoms with Crippen molar-refractivity contribution in [3.8, 4) is 5.88 Å². The molecule has 0 unspecified atom stereocenters. The summed E-state index contributed by atoms with van der Waals surface area (Å²) < 4.78 is 5.19. The molecule has 2 aromatic rings. The minimum atomic E-state index is 0.0310. The predicted molar refractivity (Wildman–Crippen MR) is 110 cm³/mol. The second-order valence-electron chi connectivity index (χ2n) is 7.38. The molecule has 148 valence electrons. The van der Waals surface area contributed by atoms with Crippen molar-refractivity contribution in [1.82, 2.24) is 9.97 Å². The quantitative estimate of drug-likeness (QED) is 0.785. The number of piperidine rings is 1. The molecule has 0 N–H and O–H groups in total. The summed E-state index contributed by atoms with van der Waals surface area (Å²) in [7, 11) is 1.60. The Morgan fingerprint density at radius 1 is 1.18 bits per heavy atom. The average Bonchev–Trinajstić information content (AvgIpc) is 2.95. The van der Waals surface area contributed by atoms with Crippen molar-refractivity contribution < 1.29 is 9.53 Å². The van der Waals surface area contributed by atoms with Gasteiger partial charge < -0.3 is 14.5 Å². The molecule has 0 radical (unpaired) electrons. The van der Waals surface area contributed by atoms with E-state index in [9.17, 15) is 4.79 Å². The molecular formula is C21H25ClN4O2. The first-order chi connectivity index (χ1) is 13.7. The summed E-state index contributed by atoms with van der Waals surface area (Å²) in [6, 6.07) is 7.63. The van der Waals surface area contributed by atoms with Gasteiger partial charge in [-0.25, -0.2) is 4.98 Å². The maximum absolute atomic E-state index is 13.3. The molecule has 1 aromatic heterocycles. The molecule has 0 bridgehead atoms. The first-order valence-electron chi connectivity index (χ1n) is 9.87. The lowest BCUT2D eigenvalue weighted by Crippen LogP contribution is -2.43. The molecular weight excluding hydrogens is 376 g/mol. The molecule has 1 saturated heterocycles. The highest BCUT2D eigenvalue weighted by atomic mass is 35.5. The van der Waals surface area contributed by atoms with Crippen LogP contribution in [0.4, 0.5) is 11.6 Å². The summed E-state index contributed by atoms with van der Waals surface area (Å²) in [6.07, 6.45) is 6.40. The summed E-state index contributed by atoms with van der Waals surface area (Å²) in [5, 5.41) is 0.736. The molecule has 0 spiro atoms. The van der Waals surface area contributed by atoms with E-state index in [1.165, 1.54) is 5.56 Å². The van der Waals surface area contributed by atoms with Gasteiger partial charge in [0, 0.05) is 48.5 Å². The van der Waals surface area contributed by atoms with Crippen LogP contribution in [0.1, 0.15) is 31.2 Å². The second kappa shape index (κ2) is 8.35. The van der Waals surface area contributed by atoms with Gasteiger partial charge in [-0.3, -0.25) is 4.79 Å². The first kappa shape index (κ1) is 19.0. The Morgan fingerprint density at radius 3 is 2.79 bits per heavy atom. The first-order valence-corrected chi connectivity index (χ1v) is 10.3. The van der Waals surface area contributed by atoms with Crippen LogP contribution in [0.3, 0.4) is 0 Å². The smallest absolute Gasteiger partial charge is 0.230 e. The van der Waals surface area contributed by atoms with Crippen molar-refractivity contribution in [2.45, 2.75) is 32.1 Å². The van der Waals surface area contributed by atoms with Gasteiger partial charge in [0.05, 0.1) is 7.11 Å². The second-order valence-corrected chi connectivity index (χ2v) is 7.82. The molecule has 2 aliphatic heterocycles. The van der Waals surface area contributed by atoms with E-state index in [-0.39, 0.29) is 11.8 Å². The summed E-state index contributed by atoms with van der Waals surface area (Å²) in [5.41, 5.74) is 2.21. The van der Waals surface area contributed by atoms with E-state index in [4.69, 9.17) is 16.3 Å². The van der Waals surface area contributed by atoms with E-state index < -0.39 is 0 Å². The topological polar surface area (TPSA) is 58.6 Å². The molecule has 6 nitrogen and oxygen atoms in total. The Bertz CT molecular complexity index is 852. The molecule has 1 aromatic carbocycles. The van der Waals surface area contributed by atoms with Crippen molar-refractivity contribution in [1.29, 1.82) is 0 Å². The number of carbonyl (C=O) groups excluding carboxylic acids is 1. The van der Waals surface area contributed by atoms with Crippen molar-refractivity contribution in [3.05, 3.63) is 41.0 Å². The number of nitrogens with zero attached hydrogens (tertiary/aromatic N) is 4. The van der Waals surface area contributed by atoms with Gasteiger partial charge in [0.15, 0.2) is 0 Å². The Morgan fingerprint density at radius 2 is 2.00 bits per heavy atom. The number of aromatic nitrogens is 2. The molecule has 0 saturated carbocycles. The van der Waals surface area contributed by atoms with Gasteiger partial charge in [0.25, 0.3) is 0 Å². The summed E-state index contributed by atoms with van der Waals surface area (Å²) >= 11 is 6.17. The number of methoxy groups -OCH3 is 1. The summed E-state index contributed by atoms with van der Waals surface area (Å²) in [4.78, 5) is 26.2. The van der Waals surface area contributed by atoms with Gasteiger partial charge in [0.1, 0.15) is 0 Å². The zero-order valence-electron chi connectivity index (χ0n) is 16.1. The van der Waals surface area contributed by atoms with E-state index >= 15 is 0 Å². The van der Waals surface area contributed by atoms with Crippen LogP contribution in [-0.4, -0.2) is 42.6 Å². The van der Waals surface area contributed by atoms with Crippen LogP contribution >= 0.6 is 11.6 Å². The number of aryl methyl sites for hydroxylation is 1. The monoisotopic (exact) mass is 400 g/mol. The Kier molecular flexibility index (Phi) is 5.67. The molecule has 4 rings (SSSR count). The van der Waals surface area contributed by atoms with Crippen LogP contribution in [0.15, 0.2) is 30.5 Å². The predicted octanol–water partition coefficient (Wildman–Crippen LogP) is 3.72. The maximum Gasteiger partial charge on any atom is 0.230 e. The van der Waals surface area contributed by atoms with Crippen molar-refractivity contribution in [3.63, 3.8) is 0 Å². The van der Waals surface area contributed by atoms with E-state index in [0.29, 0.717) is 11.8 Å². The van der Waals surface area contributed by atoms with E-state index in [2.05, 4.69) is 14.9 Å². The highest BCUT2D eigenvalue weighted by molar-refractivity contribution is 6.30. The molecule has 0 atom stereocenters. The van der Waals surface area contributed by atoms with Crippen molar-refractivity contribution >= 4 is 29.1 Å². The number of halogens is 1. The molecule has 0 aliphatic carbocycles. The fraction of sp³-hybridized carbons (Fsp3) is 0.476. The molecule has 2 aliphatic rings. The Labute approximate surface area is 170 Å². The third kappa shape index (κ3) is 3.92. The number of carbonyl (C=O) groups is 1. The van der Waals surface area contributed by atoms with Crippen molar-refractivity contribution in [2.75, 3.05) is 36.5 Å². The highest BCUT2D eigenvalue weighted by Crippen LogP contribution is 2.32. The third-order valence-corrected chi connectivity index (χ3v) is 5.86. The number of ether oxygens (including phenoxy) is 1. The summed E-state index contributed by atoms with van der Waals surface area (Å²) in [6.45, 7) is 2.32. The zero-order valence-corrected chi connectivity index (χ0v) is 16.9. The number of hydrogen-bond donors (Lipinski definition) is 0. The molecule has 7 heteroatoms. The number of amides is 1. The van der Waals surface area contributed by atoms with E-state index in [0.717, 1.165) is 62.4 Å². The number of hydrogen-bond acceptors (Lipinski definition) is 5. The van der Waals surface area contributed by atoms with Gasteiger partial charge in [0.2, 0.25) is 17.7 Å². The zero-order chi connectivity index (χ0) is 19.5. The Balaban J connectivity index is 1.45. The highest BCUT2D eigenvalue weighted by Gasteiger charge is 2.31. The maximum atomic E-state index is 13.3. The van der Waals surface area contributed by atoms with Crippen LogP contribution in [0, 0.1) is 5.92 Å². The summed E-state index contributed by atoms with van der Waals surface area (Å²) in [5.74, 6) is 1.49. The minimum absolute atomic E-state index is 0.0310. The van der Waals surface area contributed by atoms with Crippen LogP contribution in [0.25, 0.3) is 0 Å². The lowest BCUT2D eigenvalue weighted by Gasteiger charge is -2.34. The lowest BCUT2D eigenvalue weighted by molar-refractivity contribution is -0.123. The van der Waals surface area contributed by atoms with Gasteiger partial charge in [-0.1, -0.05) is 11.6 Å². The van der Waals surface area contributed by atoms with Crippen LogP contribution < -0.4 is 14.5 Å². The van der Waals surface area contributed by atoms with Gasteiger partial charge in [-0.2, -0.15) is 4.98 Å². The minimum Gasteiger partial charge on any atom is -0.481 e. The lowest BCUT2D eigenvalue weighted by atomic mass is 9.95. The standard InChI is InChI=1S/C21H25ClN4O2/c1-28-19-7-10-23-21(24-19)25-12-8-15(9-13-25)20(27)26-11-3-2-4-16-14-17(22)5-6-18(16)26/h5-7,10,14-15H,2-4,8-9,11-13H2,1H3. The van der Waals surface area contributed by atoms with Crippen LogP contribution in [0.5, 0.6) is 5.88 Å². The molecule has 1 amide bonds. The Hall–Kier alpha value is -2.34. The largest absolute Gasteiger partial charge is 0.481 e. The molecule has 1 fully saturated rings. The third-order valence-electron chi connectivity index (χ3n) is 5.63. The molecule has 3 heterocycles. The van der Waals surface area contributed by atoms with Gasteiger partial charge in [-0.15, -0.1) is 0 Å². The van der Waals surface area contributed by atoms with E-state index in [1.807, 2.05) is 23.1 Å². The molecule has 28 heavy (non-hydrogen) atoms. The van der Waals surface area contributed by atoms with Crippen LogP contribution in [-0.2, 0) is 11.2 Å². The van der Waals surface area contributed by atoms with Crippen molar-refractivity contribution in [2.24, 2.45) is 5.92 Å². The van der Waals surface area contributed by atoms with Crippen LogP contribution in [0.2, 0.25) is 5.02 Å². The normalized spacial score (nSPS) is 17.8.